The molecule has 0 radical (unpaired) electrons. The van der Waals surface area contributed by atoms with E-state index in [0.29, 0.717) is 24.7 Å². The molecule has 27 heavy (non-hydrogen) atoms. The summed E-state index contributed by atoms with van der Waals surface area (Å²) in [7, 11) is 1.76. The lowest BCUT2D eigenvalue weighted by Gasteiger charge is -2.31. The molecule has 1 aromatic carbocycles. The fourth-order valence-corrected chi connectivity index (χ4v) is 3.05. The molecule has 1 atom stereocenters. The minimum absolute atomic E-state index is 0.0863. The summed E-state index contributed by atoms with van der Waals surface area (Å²) in [6, 6.07) is 7.34. The average molecular weight is 368 g/mol. The summed E-state index contributed by atoms with van der Waals surface area (Å²) in [5.74, 6) is 0.420. The molecule has 0 saturated carbocycles. The molecule has 3 rings (SSSR count). The molecule has 0 unspecified atom stereocenters. The van der Waals surface area contributed by atoms with Crippen molar-refractivity contribution in [3.05, 3.63) is 42.2 Å². The SMILES string of the molecule is CN/C=C(\N=N)c1ccc2cnc(NC(=O)[C@H](C)N3CCOCC3)cc2c1. The van der Waals surface area contributed by atoms with Crippen molar-refractivity contribution in [2.75, 3.05) is 38.7 Å². The van der Waals surface area contributed by atoms with Crippen LogP contribution in [0.1, 0.15) is 12.5 Å². The van der Waals surface area contributed by atoms with Crippen molar-refractivity contribution in [1.82, 2.24) is 15.2 Å². The number of ether oxygens (including phenoxy) is 1. The topological polar surface area (TPSA) is 103 Å². The van der Waals surface area contributed by atoms with Gasteiger partial charge in [0.25, 0.3) is 0 Å². The van der Waals surface area contributed by atoms with Gasteiger partial charge in [-0.15, -0.1) is 0 Å². The molecule has 2 aromatic rings. The second-order valence-electron chi connectivity index (χ2n) is 6.38. The third-order valence-electron chi connectivity index (χ3n) is 4.64. The van der Waals surface area contributed by atoms with Gasteiger partial charge < -0.3 is 15.4 Å². The van der Waals surface area contributed by atoms with Crippen molar-refractivity contribution < 1.29 is 9.53 Å². The summed E-state index contributed by atoms with van der Waals surface area (Å²) in [5, 5.41) is 11.2. The van der Waals surface area contributed by atoms with Crippen LogP contribution in [0, 0.1) is 5.53 Å². The summed E-state index contributed by atoms with van der Waals surface area (Å²) < 4.78 is 5.34. The second kappa shape index (κ2) is 8.70. The van der Waals surface area contributed by atoms with E-state index in [2.05, 4.69) is 25.6 Å². The van der Waals surface area contributed by atoms with Gasteiger partial charge in [-0.05, 0) is 24.4 Å². The highest BCUT2D eigenvalue weighted by molar-refractivity contribution is 5.96. The van der Waals surface area contributed by atoms with E-state index in [9.17, 15) is 4.79 Å². The third kappa shape index (κ3) is 4.47. The first kappa shape index (κ1) is 18.9. The second-order valence-corrected chi connectivity index (χ2v) is 6.38. The molecular weight excluding hydrogens is 344 g/mol. The molecular formula is C19H24N6O2. The molecule has 8 heteroatoms. The van der Waals surface area contributed by atoms with Gasteiger partial charge in [0.2, 0.25) is 5.91 Å². The van der Waals surface area contributed by atoms with Crippen molar-refractivity contribution in [3.8, 4) is 0 Å². The monoisotopic (exact) mass is 368 g/mol. The Morgan fingerprint density at radius 1 is 1.33 bits per heavy atom. The van der Waals surface area contributed by atoms with Crippen LogP contribution in [0.3, 0.4) is 0 Å². The number of benzene rings is 1. The number of amides is 1. The first-order valence-corrected chi connectivity index (χ1v) is 8.90. The predicted octanol–water partition coefficient (Wildman–Crippen LogP) is 2.44. The van der Waals surface area contributed by atoms with Crippen molar-refractivity contribution in [2.24, 2.45) is 5.11 Å². The molecule has 142 valence electrons. The molecule has 8 nitrogen and oxygen atoms in total. The molecule has 1 aliphatic rings. The van der Waals surface area contributed by atoms with E-state index >= 15 is 0 Å². The van der Waals surface area contributed by atoms with Crippen molar-refractivity contribution >= 4 is 28.2 Å². The lowest BCUT2D eigenvalue weighted by atomic mass is 10.1. The molecule has 1 saturated heterocycles. The number of fused-ring (bicyclic) bond motifs is 1. The van der Waals surface area contributed by atoms with Gasteiger partial charge in [0.15, 0.2) is 0 Å². The molecule has 0 bridgehead atoms. The summed E-state index contributed by atoms with van der Waals surface area (Å²) in [6.45, 7) is 4.70. The van der Waals surface area contributed by atoms with Gasteiger partial charge in [-0.1, -0.05) is 12.1 Å². The zero-order valence-corrected chi connectivity index (χ0v) is 15.5. The average Bonchev–Trinajstić information content (AvgIpc) is 2.71. The predicted molar refractivity (Wildman–Crippen MR) is 104 cm³/mol. The zero-order chi connectivity index (χ0) is 19.2. The van der Waals surface area contributed by atoms with Crippen molar-refractivity contribution in [2.45, 2.75) is 13.0 Å². The van der Waals surface area contributed by atoms with Crippen LogP contribution in [-0.4, -0.2) is 55.2 Å². The van der Waals surface area contributed by atoms with E-state index in [1.165, 1.54) is 0 Å². The minimum Gasteiger partial charge on any atom is -0.392 e. The maximum Gasteiger partial charge on any atom is 0.242 e. The molecule has 3 N–H and O–H groups in total. The number of aromatic nitrogens is 1. The van der Waals surface area contributed by atoms with Crippen LogP contribution in [0.2, 0.25) is 0 Å². The van der Waals surface area contributed by atoms with E-state index in [4.69, 9.17) is 10.3 Å². The Kier molecular flexibility index (Phi) is 6.10. The lowest BCUT2D eigenvalue weighted by Crippen LogP contribution is -2.47. The number of nitrogens with zero attached hydrogens (tertiary/aromatic N) is 3. The van der Waals surface area contributed by atoms with Crippen LogP contribution in [0.25, 0.3) is 16.5 Å². The first-order chi connectivity index (χ1) is 13.1. The number of morpholine rings is 1. The third-order valence-corrected chi connectivity index (χ3v) is 4.64. The van der Waals surface area contributed by atoms with Gasteiger partial charge >= 0.3 is 0 Å². The molecule has 0 aliphatic carbocycles. The van der Waals surface area contributed by atoms with Crippen molar-refractivity contribution in [1.29, 1.82) is 5.53 Å². The van der Waals surface area contributed by atoms with E-state index < -0.39 is 0 Å². The van der Waals surface area contributed by atoms with Crippen LogP contribution >= 0.6 is 0 Å². The number of pyridine rings is 1. The van der Waals surface area contributed by atoms with Crippen LogP contribution in [0.5, 0.6) is 0 Å². The highest BCUT2D eigenvalue weighted by Crippen LogP contribution is 2.23. The number of rotatable bonds is 6. The Balaban J connectivity index is 1.79. The van der Waals surface area contributed by atoms with Gasteiger partial charge in [0, 0.05) is 43.5 Å². The smallest absolute Gasteiger partial charge is 0.242 e. The van der Waals surface area contributed by atoms with Crippen LogP contribution < -0.4 is 10.6 Å². The summed E-state index contributed by atoms with van der Waals surface area (Å²) in [4.78, 5) is 19.0. The van der Waals surface area contributed by atoms with E-state index in [-0.39, 0.29) is 11.9 Å². The van der Waals surface area contributed by atoms with Crippen LogP contribution in [0.15, 0.2) is 41.8 Å². The summed E-state index contributed by atoms with van der Waals surface area (Å²) in [6.07, 6.45) is 3.40. The normalized spacial score (nSPS) is 16.7. The lowest BCUT2D eigenvalue weighted by molar-refractivity contribution is -0.122. The first-order valence-electron chi connectivity index (χ1n) is 8.90. The van der Waals surface area contributed by atoms with E-state index in [1.807, 2.05) is 31.2 Å². The molecule has 2 heterocycles. The standard InChI is InChI=1S/C19H24N6O2/c1-13(25-5-7-27-8-6-25)19(26)23-18-10-16-9-14(17(24-20)12-21-2)3-4-15(16)11-22-18/h3-4,9-13,20-21H,5-8H2,1-2H3,(H,22,23,26)/b17-12-,24-20?/t13-/m0/s1. The Labute approximate surface area is 158 Å². The fourth-order valence-electron chi connectivity index (χ4n) is 3.05. The molecule has 1 amide bonds. The number of carbonyl (C=O) groups is 1. The molecule has 0 spiro atoms. The van der Waals surface area contributed by atoms with Gasteiger partial charge in [-0.2, -0.15) is 5.11 Å². The highest BCUT2D eigenvalue weighted by Gasteiger charge is 2.23. The van der Waals surface area contributed by atoms with Crippen LogP contribution in [-0.2, 0) is 9.53 Å². The minimum atomic E-state index is -0.245. The summed E-state index contributed by atoms with van der Waals surface area (Å²) in [5.41, 5.74) is 8.67. The van der Waals surface area contributed by atoms with Crippen molar-refractivity contribution in [3.63, 3.8) is 0 Å². The van der Waals surface area contributed by atoms with Gasteiger partial charge in [0.05, 0.1) is 19.3 Å². The molecule has 1 aromatic heterocycles. The van der Waals surface area contributed by atoms with Crippen LogP contribution in [0.4, 0.5) is 5.82 Å². The molecule has 1 fully saturated rings. The maximum absolute atomic E-state index is 12.6. The Hall–Kier alpha value is -2.84. The van der Waals surface area contributed by atoms with E-state index in [0.717, 1.165) is 29.4 Å². The number of hydrogen-bond acceptors (Lipinski definition) is 7. The maximum atomic E-state index is 12.6. The quantitative estimate of drug-likeness (QED) is 0.680. The van der Waals surface area contributed by atoms with Gasteiger partial charge in [-0.3, -0.25) is 9.69 Å². The Bertz CT molecular complexity index is 860. The summed E-state index contributed by atoms with van der Waals surface area (Å²) >= 11 is 0. The number of hydrogen-bond donors (Lipinski definition) is 3. The number of carbonyl (C=O) groups excluding carboxylic acids is 1. The highest BCUT2D eigenvalue weighted by atomic mass is 16.5. The zero-order valence-electron chi connectivity index (χ0n) is 15.5. The Morgan fingerprint density at radius 3 is 2.81 bits per heavy atom. The number of nitrogens with one attached hydrogen (secondary N) is 3. The van der Waals surface area contributed by atoms with E-state index in [1.54, 1.807) is 19.4 Å². The van der Waals surface area contributed by atoms with Gasteiger partial charge in [0.1, 0.15) is 11.5 Å². The fraction of sp³-hybridized carbons (Fsp3) is 0.368. The van der Waals surface area contributed by atoms with Gasteiger partial charge in [-0.25, -0.2) is 10.5 Å². The Morgan fingerprint density at radius 2 is 2.11 bits per heavy atom. The largest absolute Gasteiger partial charge is 0.392 e. The number of anilines is 1. The molecule has 1 aliphatic heterocycles.